The van der Waals surface area contributed by atoms with E-state index in [1.165, 1.54) is 0 Å². The van der Waals surface area contributed by atoms with Crippen molar-refractivity contribution in [2.75, 3.05) is 13.2 Å². The topological polar surface area (TPSA) is 33.1 Å². The summed E-state index contributed by atoms with van der Waals surface area (Å²) in [6.45, 7) is 8.10. The van der Waals surface area contributed by atoms with Gasteiger partial charge in [-0.15, -0.1) is 0 Å². The van der Waals surface area contributed by atoms with E-state index in [9.17, 15) is 0 Å². The zero-order chi connectivity index (χ0) is 8.54. The van der Waals surface area contributed by atoms with Gasteiger partial charge in [-0.05, 0) is 11.8 Å². The first-order valence-corrected chi connectivity index (χ1v) is 4.07. The maximum absolute atomic E-state index is 7.28. The van der Waals surface area contributed by atoms with E-state index in [4.69, 9.17) is 10.1 Å². The third-order valence-corrected chi connectivity index (χ3v) is 1.97. The molecule has 0 bridgehead atoms. The lowest BCUT2D eigenvalue weighted by atomic mass is 9.73. The van der Waals surface area contributed by atoms with Crippen molar-refractivity contribution in [1.29, 1.82) is 5.41 Å². The van der Waals surface area contributed by atoms with Crippen molar-refractivity contribution < 1.29 is 4.74 Å². The van der Waals surface area contributed by atoms with Crippen LogP contribution >= 0.6 is 0 Å². The average molecular weight is 155 g/mol. The molecule has 64 valence electrons. The number of hydrogen-bond acceptors (Lipinski definition) is 2. The fraction of sp³-hybridized carbons (Fsp3) is 0.889. The van der Waals surface area contributed by atoms with Gasteiger partial charge in [-0.3, -0.25) is 0 Å². The molecule has 1 aliphatic heterocycles. The predicted octanol–water partition coefficient (Wildman–Crippen LogP) is 2.09. The van der Waals surface area contributed by atoms with Gasteiger partial charge < -0.3 is 10.1 Å². The van der Waals surface area contributed by atoms with Gasteiger partial charge in [0.25, 0.3) is 0 Å². The SMILES string of the molecule is CC(C)(C)CC1(C=N)COC1. The molecule has 0 aliphatic carbocycles. The van der Waals surface area contributed by atoms with Crippen LogP contribution in [0.3, 0.4) is 0 Å². The Bertz CT molecular complexity index is 153. The van der Waals surface area contributed by atoms with Crippen molar-refractivity contribution in [2.45, 2.75) is 27.2 Å². The first-order valence-electron chi connectivity index (χ1n) is 4.07. The molecule has 0 spiro atoms. The van der Waals surface area contributed by atoms with Crippen LogP contribution in [0.25, 0.3) is 0 Å². The largest absolute Gasteiger partial charge is 0.379 e. The molecule has 1 rings (SSSR count). The standard InChI is InChI=1S/C9H17NO/c1-8(2,3)4-9(5-10)6-11-7-9/h5,10H,4,6-7H2,1-3H3. The summed E-state index contributed by atoms with van der Waals surface area (Å²) in [5.74, 6) is 0. The van der Waals surface area contributed by atoms with Crippen molar-refractivity contribution >= 4 is 6.21 Å². The lowest BCUT2D eigenvalue weighted by Crippen LogP contribution is -2.46. The van der Waals surface area contributed by atoms with Gasteiger partial charge in [0, 0.05) is 6.21 Å². The Morgan fingerprint density at radius 2 is 2.00 bits per heavy atom. The summed E-state index contributed by atoms with van der Waals surface area (Å²) in [4.78, 5) is 0. The van der Waals surface area contributed by atoms with Gasteiger partial charge in [0.05, 0.1) is 18.6 Å². The molecule has 1 N–H and O–H groups in total. The van der Waals surface area contributed by atoms with E-state index in [0.29, 0.717) is 5.41 Å². The molecular weight excluding hydrogens is 138 g/mol. The molecule has 11 heavy (non-hydrogen) atoms. The van der Waals surface area contributed by atoms with Crippen molar-refractivity contribution in [2.24, 2.45) is 10.8 Å². The van der Waals surface area contributed by atoms with Crippen LogP contribution in [0.2, 0.25) is 0 Å². The highest BCUT2D eigenvalue weighted by Crippen LogP contribution is 2.37. The van der Waals surface area contributed by atoms with Crippen LogP contribution in [0.1, 0.15) is 27.2 Å². The molecule has 0 aromatic rings. The Morgan fingerprint density at radius 1 is 1.45 bits per heavy atom. The molecule has 1 saturated heterocycles. The highest BCUT2D eigenvalue weighted by molar-refractivity contribution is 5.64. The molecule has 1 heterocycles. The summed E-state index contributed by atoms with van der Waals surface area (Å²) in [5, 5.41) is 7.28. The number of nitrogens with one attached hydrogen (secondary N) is 1. The Morgan fingerprint density at radius 3 is 2.09 bits per heavy atom. The summed E-state index contributed by atoms with van der Waals surface area (Å²) in [6, 6.07) is 0. The van der Waals surface area contributed by atoms with Crippen LogP contribution in [-0.4, -0.2) is 19.4 Å². The van der Waals surface area contributed by atoms with Gasteiger partial charge in [-0.2, -0.15) is 0 Å². The number of ether oxygens (including phenoxy) is 1. The van der Waals surface area contributed by atoms with E-state index in [0.717, 1.165) is 19.6 Å². The van der Waals surface area contributed by atoms with Crippen molar-refractivity contribution in [3.63, 3.8) is 0 Å². The van der Waals surface area contributed by atoms with Gasteiger partial charge in [0.2, 0.25) is 0 Å². The molecule has 0 aromatic carbocycles. The zero-order valence-corrected chi connectivity index (χ0v) is 7.61. The van der Waals surface area contributed by atoms with Gasteiger partial charge in [-0.25, -0.2) is 0 Å². The van der Waals surface area contributed by atoms with Crippen LogP contribution in [-0.2, 0) is 4.74 Å². The molecule has 2 nitrogen and oxygen atoms in total. The Balaban J connectivity index is 2.51. The minimum Gasteiger partial charge on any atom is -0.379 e. The Hall–Kier alpha value is -0.370. The van der Waals surface area contributed by atoms with Crippen LogP contribution in [0.4, 0.5) is 0 Å². The second kappa shape index (κ2) is 2.59. The highest BCUT2D eigenvalue weighted by Gasteiger charge is 2.39. The van der Waals surface area contributed by atoms with Crippen LogP contribution in [0, 0.1) is 16.2 Å². The second-order valence-corrected chi connectivity index (χ2v) is 4.74. The van der Waals surface area contributed by atoms with E-state index >= 15 is 0 Å². The Labute approximate surface area is 68.5 Å². The lowest BCUT2D eigenvalue weighted by molar-refractivity contribution is -0.0842. The molecule has 0 saturated carbocycles. The summed E-state index contributed by atoms with van der Waals surface area (Å²) < 4.78 is 5.12. The summed E-state index contributed by atoms with van der Waals surface area (Å²) in [5.41, 5.74) is 0.375. The normalized spacial score (nSPS) is 22.5. The molecule has 1 fully saturated rings. The summed E-state index contributed by atoms with van der Waals surface area (Å²) >= 11 is 0. The molecular formula is C9H17NO. The summed E-state index contributed by atoms with van der Waals surface area (Å²) in [6.07, 6.45) is 2.62. The van der Waals surface area contributed by atoms with E-state index in [1.807, 2.05) is 0 Å². The minimum atomic E-state index is 0.0677. The van der Waals surface area contributed by atoms with E-state index in [2.05, 4.69) is 20.8 Å². The van der Waals surface area contributed by atoms with Gasteiger partial charge in [-0.1, -0.05) is 20.8 Å². The van der Waals surface area contributed by atoms with Gasteiger partial charge >= 0.3 is 0 Å². The first-order chi connectivity index (χ1) is 4.97. The molecule has 0 radical (unpaired) electrons. The molecule has 1 aliphatic rings. The van der Waals surface area contributed by atoms with Crippen LogP contribution < -0.4 is 0 Å². The number of hydrogen-bond donors (Lipinski definition) is 1. The van der Waals surface area contributed by atoms with Crippen molar-refractivity contribution in [3.8, 4) is 0 Å². The molecule has 2 heteroatoms. The quantitative estimate of drug-likeness (QED) is 0.608. The van der Waals surface area contributed by atoms with Gasteiger partial charge in [0.1, 0.15) is 0 Å². The van der Waals surface area contributed by atoms with E-state index in [-0.39, 0.29) is 5.41 Å². The highest BCUT2D eigenvalue weighted by atomic mass is 16.5. The van der Waals surface area contributed by atoms with Crippen molar-refractivity contribution in [3.05, 3.63) is 0 Å². The minimum absolute atomic E-state index is 0.0677. The maximum Gasteiger partial charge on any atom is 0.0594 e. The second-order valence-electron chi connectivity index (χ2n) is 4.74. The smallest absolute Gasteiger partial charge is 0.0594 e. The third-order valence-electron chi connectivity index (χ3n) is 1.97. The first kappa shape index (κ1) is 8.72. The maximum atomic E-state index is 7.28. The third kappa shape index (κ3) is 2.03. The van der Waals surface area contributed by atoms with Gasteiger partial charge in [0.15, 0.2) is 0 Å². The summed E-state index contributed by atoms with van der Waals surface area (Å²) in [7, 11) is 0. The van der Waals surface area contributed by atoms with E-state index < -0.39 is 0 Å². The van der Waals surface area contributed by atoms with Crippen LogP contribution in [0.5, 0.6) is 0 Å². The lowest BCUT2D eigenvalue weighted by Gasteiger charge is -2.42. The van der Waals surface area contributed by atoms with Crippen molar-refractivity contribution in [1.82, 2.24) is 0 Å². The molecule has 0 amide bonds. The zero-order valence-electron chi connectivity index (χ0n) is 7.61. The predicted molar refractivity (Wildman–Crippen MR) is 46.1 cm³/mol. The van der Waals surface area contributed by atoms with E-state index in [1.54, 1.807) is 6.21 Å². The number of rotatable bonds is 2. The molecule has 0 unspecified atom stereocenters. The van der Waals surface area contributed by atoms with Crippen LogP contribution in [0.15, 0.2) is 0 Å². The Kier molecular flexibility index (Phi) is 2.06. The fourth-order valence-corrected chi connectivity index (χ4v) is 1.66. The monoisotopic (exact) mass is 155 g/mol. The molecule has 0 atom stereocenters. The molecule has 0 aromatic heterocycles. The fourth-order valence-electron chi connectivity index (χ4n) is 1.66. The average Bonchev–Trinajstić information content (AvgIpc) is 1.77.